The lowest BCUT2D eigenvalue weighted by atomic mass is 10.1. The molecule has 0 saturated heterocycles. The minimum Gasteiger partial charge on any atom is -0.493 e. The number of carbonyl (C=O) groups excluding carboxylic acids is 1. The van der Waals surface area contributed by atoms with E-state index in [9.17, 15) is 13.2 Å². The zero-order chi connectivity index (χ0) is 23.3. The highest BCUT2D eigenvalue weighted by molar-refractivity contribution is 7.89. The van der Waals surface area contributed by atoms with Crippen molar-refractivity contribution in [3.05, 3.63) is 53.6 Å². The molecule has 8 nitrogen and oxygen atoms in total. The molecular weight excluding hydrogens is 432 g/mol. The summed E-state index contributed by atoms with van der Waals surface area (Å²) in [5, 5.41) is 2.93. The van der Waals surface area contributed by atoms with Crippen molar-refractivity contribution in [2.75, 3.05) is 21.3 Å². The van der Waals surface area contributed by atoms with Gasteiger partial charge < -0.3 is 14.8 Å². The van der Waals surface area contributed by atoms with Crippen molar-refractivity contribution >= 4 is 15.9 Å². The van der Waals surface area contributed by atoms with E-state index in [4.69, 9.17) is 14.3 Å². The summed E-state index contributed by atoms with van der Waals surface area (Å²) in [4.78, 5) is 17.5. The molecule has 0 aromatic heterocycles. The van der Waals surface area contributed by atoms with Crippen LogP contribution in [0.3, 0.4) is 0 Å². The Balaban J connectivity index is 1.68. The van der Waals surface area contributed by atoms with E-state index < -0.39 is 10.0 Å². The van der Waals surface area contributed by atoms with Crippen LogP contribution in [0.1, 0.15) is 54.6 Å². The molecule has 1 aliphatic rings. The summed E-state index contributed by atoms with van der Waals surface area (Å²) in [5.41, 5.74) is 1.22. The Bertz CT molecular complexity index is 1030. The number of hydrogen-bond donors (Lipinski definition) is 1. The lowest BCUT2D eigenvalue weighted by Crippen LogP contribution is -2.27. The highest BCUT2D eigenvalue weighted by atomic mass is 32.2. The number of amides is 1. The number of rotatable bonds is 9. The van der Waals surface area contributed by atoms with Gasteiger partial charge in [-0.3, -0.25) is 9.63 Å². The van der Waals surface area contributed by atoms with E-state index in [0.29, 0.717) is 17.1 Å². The molecule has 1 amide bonds. The van der Waals surface area contributed by atoms with Gasteiger partial charge in [0.15, 0.2) is 11.5 Å². The van der Waals surface area contributed by atoms with Gasteiger partial charge >= 0.3 is 0 Å². The smallest absolute Gasteiger partial charge is 0.264 e. The van der Waals surface area contributed by atoms with E-state index in [2.05, 4.69) is 5.32 Å². The van der Waals surface area contributed by atoms with Crippen molar-refractivity contribution in [1.82, 2.24) is 9.79 Å². The van der Waals surface area contributed by atoms with Crippen molar-refractivity contribution in [2.45, 2.75) is 49.6 Å². The standard InChI is InChI=1S/C23H30N2O6S/c1-16(18-11-14-21(22(15-18)29-3)31-19-7-5-6-8-19)24-23(26)17-9-12-20(13-10-17)32(27,28)25(2)30-4/h9-16,19H,5-8H2,1-4H3,(H,24,26). The second kappa shape index (κ2) is 10.3. The van der Waals surface area contributed by atoms with E-state index >= 15 is 0 Å². The maximum atomic E-state index is 12.7. The van der Waals surface area contributed by atoms with Gasteiger partial charge in [0.25, 0.3) is 15.9 Å². The molecule has 0 spiro atoms. The van der Waals surface area contributed by atoms with Gasteiger partial charge in [-0.05, 0) is 74.6 Å². The molecule has 1 saturated carbocycles. The normalized spacial score (nSPS) is 15.5. The van der Waals surface area contributed by atoms with Gasteiger partial charge in [-0.15, -0.1) is 0 Å². The molecule has 9 heteroatoms. The number of ether oxygens (including phenoxy) is 2. The fourth-order valence-electron chi connectivity index (χ4n) is 3.62. The predicted molar refractivity (Wildman–Crippen MR) is 120 cm³/mol. The summed E-state index contributed by atoms with van der Waals surface area (Å²) in [5.74, 6) is 1.03. The van der Waals surface area contributed by atoms with Crippen LogP contribution in [-0.2, 0) is 14.9 Å². The van der Waals surface area contributed by atoms with E-state index in [1.165, 1.54) is 51.3 Å². The van der Waals surface area contributed by atoms with Crippen LogP contribution in [0, 0.1) is 0 Å². The number of hydrogen-bond acceptors (Lipinski definition) is 6. The Labute approximate surface area is 189 Å². The first-order valence-electron chi connectivity index (χ1n) is 10.5. The second-order valence-electron chi connectivity index (χ2n) is 7.75. The maximum Gasteiger partial charge on any atom is 0.264 e. The molecule has 0 radical (unpaired) electrons. The number of sulfonamides is 1. The monoisotopic (exact) mass is 462 g/mol. The predicted octanol–water partition coefficient (Wildman–Crippen LogP) is 3.69. The molecule has 1 fully saturated rings. The number of benzene rings is 2. The molecule has 1 unspecified atom stereocenters. The van der Waals surface area contributed by atoms with Gasteiger partial charge in [0.2, 0.25) is 0 Å². The molecule has 1 aliphatic carbocycles. The first-order valence-corrected chi connectivity index (χ1v) is 12.0. The Hall–Kier alpha value is -2.62. The molecule has 2 aromatic rings. The number of nitrogens with one attached hydrogen (secondary N) is 1. The number of hydroxylamine groups is 1. The first kappa shape index (κ1) is 24.0. The Kier molecular flexibility index (Phi) is 7.76. The largest absolute Gasteiger partial charge is 0.493 e. The van der Waals surface area contributed by atoms with Gasteiger partial charge in [0.1, 0.15) is 0 Å². The minimum absolute atomic E-state index is 0.0361. The van der Waals surface area contributed by atoms with Crippen molar-refractivity contribution in [3.63, 3.8) is 0 Å². The first-order chi connectivity index (χ1) is 15.3. The summed E-state index contributed by atoms with van der Waals surface area (Å²) in [6.45, 7) is 1.87. The second-order valence-corrected chi connectivity index (χ2v) is 9.69. The van der Waals surface area contributed by atoms with Crippen LogP contribution in [0.2, 0.25) is 0 Å². The molecule has 3 rings (SSSR count). The van der Waals surface area contributed by atoms with Crippen molar-refractivity contribution in [1.29, 1.82) is 0 Å². The van der Waals surface area contributed by atoms with E-state index in [0.717, 1.165) is 22.9 Å². The Morgan fingerprint density at radius 2 is 1.72 bits per heavy atom. The molecular formula is C23H30N2O6S. The Morgan fingerprint density at radius 3 is 2.31 bits per heavy atom. The lowest BCUT2D eigenvalue weighted by molar-refractivity contribution is -0.0258. The number of methoxy groups -OCH3 is 1. The SMILES string of the molecule is COc1cc(C(C)NC(=O)c2ccc(S(=O)(=O)N(C)OC)cc2)ccc1OC1CCCC1. The highest BCUT2D eigenvalue weighted by Gasteiger charge is 2.22. The molecule has 0 heterocycles. The maximum absolute atomic E-state index is 12.7. The van der Waals surface area contributed by atoms with E-state index in [-0.39, 0.29) is 22.9 Å². The third-order valence-corrected chi connectivity index (χ3v) is 7.33. The van der Waals surface area contributed by atoms with E-state index in [1.807, 2.05) is 25.1 Å². The topological polar surface area (TPSA) is 94.2 Å². The third-order valence-electron chi connectivity index (χ3n) is 5.64. The zero-order valence-electron chi connectivity index (χ0n) is 18.8. The molecule has 2 aromatic carbocycles. The summed E-state index contributed by atoms with van der Waals surface area (Å²) >= 11 is 0. The summed E-state index contributed by atoms with van der Waals surface area (Å²) in [7, 11) is 0.402. The van der Waals surface area contributed by atoms with Crippen LogP contribution in [-0.4, -0.2) is 46.2 Å². The Morgan fingerprint density at radius 1 is 1.06 bits per heavy atom. The van der Waals surface area contributed by atoms with Gasteiger partial charge in [-0.1, -0.05) is 10.5 Å². The molecule has 0 bridgehead atoms. The highest BCUT2D eigenvalue weighted by Crippen LogP contribution is 2.33. The fraction of sp³-hybridized carbons (Fsp3) is 0.435. The molecule has 0 aliphatic heterocycles. The number of carbonyl (C=O) groups is 1. The van der Waals surface area contributed by atoms with Crippen LogP contribution in [0.25, 0.3) is 0 Å². The zero-order valence-corrected chi connectivity index (χ0v) is 19.6. The molecule has 1 N–H and O–H groups in total. The fourth-order valence-corrected chi connectivity index (χ4v) is 4.60. The van der Waals surface area contributed by atoms with Gasteiger partial charge in [0.05, 0.1) is 31.3 Å². The molecule has 1 atom stereocenters. The van der Waals surface area contributed by atoms with Gasteiger partial charge in [-0.25, -0.2) is 8.42 Å². The summed E-state index contributed by atoms with van der Waals surface area (Å²) < 4.78 is 36.9. The van der Waals surface area contributed by atoms with Crippen molar-refractivity contribution in [3.8, 4) is 11.5 Å². The average molecular weight is 463 g/mol. The summed E-state index contributed by atoms with van der Waals surface area (Å²) in [6.07, 6.45) is 4.70. The van der Waals surface area contributed by atoms with Gasteiger partial charge in [0, 0.05) is 12.6 Å². The van der Waals surface area contributed by atoms with Crippen LogP contribution in [0.15, 0.2) is 47.4 Å². The molecule has 174 valence electrons. The minimum atomic E-state index is -3.76. The van der Waals surface area contributed by atoms with E-state index in [1.54, 1.807) is 7.11 Å². The quantitative estimate of drug-likeness (QED) is 0.571. The van der Waals surface area contributed by atoms with Gasteiger partial charge in [-0.2, -0.15) is 0 Å². The average Bonchev–Trinajstić information content (AvgIpc) is 3.31. The number of nitrogens with zero attached hydrogens (tertiary/aromatic N) is 1. The van der Waals surface area contributed by atoms with Crippen LogP contribution < -0.4 is 14.8 Å². The summed E-state index contributed by atoms with van der Waals surface area (Å²) in [6, 6.07) is 11.1. The lowest BCUT2D eigenvalue weighted by Gasteiger charge is -2.19. The third kappa shape index (κ3) is 5.40. The van der Waals surface area contributed by atoms with Crippen LogP contribution in [0.4, 0.5) is 0 Å². The van der Waals surface area contributed by atoms with Crippen LogP contribution in [0.5, 0.6) is 11.5 Å². The van der Waals surface area contributed by atoms with Crippen molar-refractivity contribution in [2.24, 2.45) is 0 Å². The van der Waals surface area contributed by atoms with Crippen LogP contribution >= 0.6 is 0 Å². The van der Waals surface area contributed by atoms with Crippen molar-refractivity contribution < 1.29 is 27.5 Å². The molecule has 32 heavy (non-hydrogen) atoms.